The molecule has 2 heterocycles. The van der Waals surface area contributed by atoms with Crippen LogP contribution in [-0.2, 0) is 15.6 Å². The van der Waals surface area contributed by atoms with Gasteiger partial charge in [0.2, 0.25) is 0 Å². The predicted octanol–water partition coefficient (Wildman–Crippen LogP) is 4.12. The molecule has 0 aliphatic carbocycles. The van der Waals surface area contributed by atoms with Gasteiger partial charge < -0.3 is 4.90 Å². The van der Waals surface area contributed by atoms with Crippen molar-refractivity contribution in [2.24, 2.45) is 0 Å². The smallest absolute Gasteiger partial charge is 0.268 e. The largest absolute Gasteiger partial charge is 0.311 e. The maximum Gasteiger partial charge on any atom is 0.268 e. The molecule has 1 amide bonds. The lowest BCUT2D eigenvalue weighted by atomic mass is 10.1. The van der Waals surface area contributed by atoms with E-state index >= 15 is 0 Å². The lowest BCUT2D eigenvalue weighted by molar-refractivity contribution is 0.0996. The van der Waals surface area contributed by atoms with Gasteiger partial charge in [0.1, 0.15) is 5.82 Å². The number of carbonyl (C=O) groups excluding carboxylic acids is 1. The molecule has 3 aromatic rings. The lowest BCUT2D eigenvalue weighted by Crippen LogP contribution is -2.25. The van der Waals surface area contributed by atoms with E-state index in [2.05, 4.69) is 0 Å². The molecule has 0 spiro atoms. The summed E-state index contributed by atoms with van der Waals surface area (Å²) < 4.78 is 38.0. The minimum atomic E-state index is -3.40. The van der Waals surface area contributed by atoms with Gasteiger partial charge in [0.05, 0.1) is 15.5 Å². The number of nitrogens with zero attached hydrogens (tertiary/aromatic N) is 1. The van der Waals surface area contributed by atoms with E-state index in [0.717, 1.165) is 4.88 Å². The van der Waals surface area contributed by atoms with Crippen molar-refractivity contribution in [3.8, 4) is 10.4 Å². The molecule has 0 N–H and O–H groups in total. The van der Waals surface area contributed by atoms with Crippen LogP contribution < -0.4 is 4.90 Å². The van der Waals surface area contributed by atoms with Crippen LogP contribution in [0.25, 0.3) is 10.4 Å². The van der Waals surface area contributed by atoms with Crippen LogP contribution in [0.2, 0.25) is 0 Å². The normalized spacial score (nSPS) is 14.4. The molecular weight excluding hydrogens is 373 g/mol. The fourth-order valence-electron chi connectivity index (χ4n) is 3.02. The second-order valence-corrected chi connectivity index (χ2v) is 9.07. The number of rotatable bonds is 2. The Morgan fingerprint density at radius 2 is 1.81 bits per heavy atom. The zero-order chi connectivity index (χ0) is 18.5. The third-order valence-corrected chi connectivity index (χ3v) is 7.27. The Labute approximate surface area is 154 Å². The second-order valence-electron chi connectivity index (χ2n) is 6.06. The first-order chi connectivity index (χ1) is 12.4. The standard InChI is InChI=1S/C19H14FNO3S2/c1-21(14-8-6-13(20)7-9-14)19(22)16-10-12-11-26(23,24)17-5-3-2-4-15(17)18(12)25-16/h2-10H,11H2,1H3. The van der Waals surface area contributed by atoms with Crippen molar-refractivity contribution in [3.05, 3.63) is 70.9 Å². The monoisotopic (exact) mass is 387 g/mol. The second kappa shape index (κ2) is 6.03. The summed E-state index contributed by atoms with van der Waals surface area (Å²) in [6.45, 7) is 0. The SMILES string of the molecule is CN(C(=O)c1cc2c(s1)-c1ccccc1S(=O)(=O)C2)c1ccc(F)cc1. The number of benzene rings is 2. The summed E-state index contributed by atoms with van der Waals surface area (Å²) in [5.74, 6) is -0.738. The van der Waals surface area contributed by atoms with Gasteiger partial charge in [-0.2, -0.15) is 0 Å². The van der Waals surface area contributed by atoms with Gasteiger partial charge in [-0.25, -0.2) is 12.8 Å². The summed E-state index contributed by atoms with van der Waals surface area (Å²) in [5.41, 5.74) is 1.85. The number of sulfone groups is 1. The summed E-state index contributed by atoms with van der Waals surface area (Å²) in [6.07, 6.45) is 0. The molecule has 4 nitrogen and oxygen atoms in total. The maximum atomic E-state index is 13.1. The Bertz CT molecular complexity index is 1120. The first-order valence-corrected chi connectivity index (χ1v) is 10.3. The molecule has 0 radical (unpaired) electrons. The minimum Gasteiger partial charge on any atom is -0.311 e. The summed E-state index contributed by atoms with van der Waals surface area (Å²) >= 11 is 1.28. The molecule has 0 bridgehead atoms. The molecule has 26 heavy (non-hydrogen) atoms. The van der Waals surface area contributed by atoms with E-state index in [4.69, 9.17) is 0 Å². The van der Waals surface area contributed by atoms with Crippen molar-refractivity contribution in [1.82, 2.24) is 0 Å². The average Bonchev–Trinajstić information content (AvgIpc) is 3.04. The van der Waals surface area contributed by atoms with Crippen LogP contribution in [0.1, 0.15) is 15.2 Å². The highest BCUT2D eigenvalue weighted by Crippen LogP contribution is 2.43. The number of fused-ring (bicyclic) bond motifs is 3. The Morgan fingerprint density at radius 3 is 2.54 bits per heavy atom. The van der Waals surface area contributed by atoms with Crippen LogP contribution >= 0.6 is 11.3 Å². The highest BCUT2D eigenvalue weighted by Gasteiger charge is 2.31. The van der Waals surface area contributed by atoms with Crippen molar-refractivity contribution >= 4 is 32.8 Å². The molecule has 1 aliphatic heterocycles. The molecule has 1 aromatic heterocycles. The van der Waals surface area contributed by atoms with Gasteiger partial charge >= 0.3 is 0 Å². The number of amides is 1. The molecule has 2 aromatic carbocycles. The highest BCUT2D eigenvalue weighted by atomic mass is 32.2. The van der Waals surface area contributed by atoms with E-state index in [1.54, 1.807) is 37.4 Å². The van der Waals surface area contributed by atoms with E-state index < -0.39 is 9.84 Å². The van der Waals surface area contributed by atoms with Crippen molar-refractivity contribution in [1.29, 1.82) is 0 Å². The van der Waals surface area contributed by atoms with Crippen molar-refractivity contribution in [2.75, 3.05) is 11.9 Å². The zero-order valence-electron chi connectivity index (χ0n) is 13.8. The number of hydrogen-bond acceptors (Lipinski definition) is 4. The van der Waals surface area contributed by atoms with Gasteiger partial charge in [-0.15, -0.1) is 11.3 Å². The molecule has 0 saturated carbocycles. The molecular formula is C19H14FNO3S2. The van der Waals surface area contributed by atoms with E-state index in [9.17, 15) is 17.6 Å². The number of halogens is 1. The van der Waals surface area contributed by atoms with Crippen molar-refractivity contribution in [3.63, 3.8) is 0 Å². The Kier molecular flexibility index (Phi) is 3.93. The summed E-state index contributed by atoms with van der Waals surface area (Å²) in [7, 11) is -1.79. The van der Waals surface area contributed by atoms with Crippen molar-refractivity contribution < 1.29 is 17.6 Å². The number of hydrogen-bond donors (Lipinski definition) is 0. The van der Waals surface area contributed by atoms with Crippen LogP contribution in [0.3, 0.4) is 0 Å². The molecule has 132 valence electrons. The van der Waals surface area contributed by atoms with Gasteiger partial charge in [0.15, 0.2) is 9.84 Å². The van der Waals surface area contributed by atoms with Crippen LogP contribution in [0.15, 0.2) is 59.5 Å². The molecule has 0 unspecified atom stereocenters. The molecule has 1 aliphatic rings. The van der Waals surface area contributed by atoms with Crippen LogP contribution in [0.5, 0.6) is 0 Å². The number of thiophene rings is 1. The first kappa shape index (κ1) is 16.9. The Morgan fingerprint density at radius 1 is 1.12 bits per heavy atom. The zero-order valence-corrected chi connectivity index (χ0v) is 15.4. The maximum absolute atomic E-state index is 13.1. The summed E-state index contributed by atoms with van der Waals surface area (Å²) in [5, 5.41) is 0. The third-order valence-electron chi connectivity index (χ3n) is 4.35. The first-order valence-electron chi connectivity index (χ1n) is 7.85. The van der Waals surface area contributed by atoms with Gasteiger partial charge in [-0.3, -0.25) is 4.79 Å². The Hall–Kier alpha value is -2.51. The molecule has 7 heteroatoms. The van der Waals surface area contributed by atoms with Gasteiger partial charge in [0.25, 0.3) is 5.91 Å². The van der Waals surface area contributed by atoms with Crippen LogP contribution in [-0.4, -0.2) is 21.4 Å². The number of anilines is 1. The molecule has 0 saturated heterocycles. The third kappa shape index (κ3) is 2.73. The van der Waals surface area contributed by atoms with Gasteiger partial charge in [0, 0.05) is 23.2 Å². The fourth-order valence-corrected chi connectivity index (χ4v) is 5.96. The van der Waals surface area contributed by atoms with Crippen molar-refractivity contribution in [2.45, 2.75) is 10.6 Å². The van der Waals surface area contributed by atoms with E-state index in [-0.39, 0.29) is 17.5 Å². The minimum absolute atomic E-state index is 0.108. The van der Waals surface area contributed by atoms with Gasteiger partial charge in [-0.1, -0.05) is 18.2 Å². The lowest BCUT2D eigenvalue weighted by Gasteiger charge is -2.16. The molecule has 0 atom stereocenters. The molecule has 4 rings (SSSR count). The van der Waals surface area contributed by atoms with E-state index in [1.807, 2.05) is 0 Å². The van der Waals surface area contributed by atoms with Crippen LogP contribution in [0, 0.1) is 5.82 Å². The summed E-state index contributed by atoms with van der Waals surface area (Å²) in [4.78, 5) is 15.8. The fraction of sp³-hybridized carbons (Fsp3) is 0.105. The van der Waals surface area contributed by atoms with Gasteiger partial charge in [-0.05, 0) is 42.0 Å². The topological polar surface area (TPSA) is 54.5 Å². The molecule has 0 fully saturated rings. The predicted molar refractivity (Wildman–Crippen MR) is 99.8 cm³/mol. The van der Waals surface area contributed by atoms with E-state index in [0.29, 0.717) is 26.6 Å². The highest BCUT2D eigenvalue weighted by molar-refractivity contribution is 7.91. The number of carbonyl (C=O) groups is 1. The summed E-state index contributed by atoms with van der Waals surface area (Å²) in [6, 6.07) is 14.1. The Balaban J connectivity index is 1.75. The van der Waals surface area contributed by atoms with Crippen LogP contribution in [0.4, 0.5) is 10.1 Å². The van der Waals surface area contributed by atoms with E-state index in [1.165, 1.54) is 40.5 Å². The average molecular weight is 387 g/mol. The quantitative estimate of drug-likeness (QED) is 0.665.